The number of likely N-dealkylation sites (N-methyl/N-ethyl adjacent to an activating group) is 1. The molecule has 0 aliphatic heterocycles. The van der Waals surface area contributed by atoms with Gasteiger partial charge in [-0.15, -0.1) is 0 Å². The van der Waals surface area contributed by atoms with Gasteiger partial charge in [-0.25, -0.2) is 4.79 Å². The maximum Gasteiger partial charge on any atom is 0.407 e. The molecule has 0 saturated heterocycles. The quantitative estimate of drug-likeness (QED) is 0.330. The van der Waals surface area contributed by atoms with Crippen LogP contribution in [0.15, 0.2) is 23.6 Å². The fraction of sp³-hybridized carbons (Fsp3) is 0.400. The molecule has 0 aliphatic carbocycles. The van der Waals surface area contributed by atoms with Crippen LogP contribution >= 0.6 is 11.3 Å². The summed E-state index contributed by atoms with van der Waals surface area (Å²) in [5.74, 6) is 0.405. The van der Waals surface area contributed by atoms with Crippen LogP contribution in [0.1, 0.15) is 42.4 Å². The average Bonchev–Trinajstić information content (AvgIpc) is 3.33. The number of aromatic nitrogens is 3. The minimum Gasteiger partial charge on any atom is -0.479 e. The highest BCUT2D eigenvalue weighted by molar-refractivity contribution is 7.11. The number of hydrogen-bond donors (Lipinski definition) is 3. The molecule has 0 fully saturated rings. The Balaban J connectivity index is 1.75. The summed E-state index contributed by atoms with van der Waals surface area (Å²) < 4.78 is 16.7. The normalized spacial score (nSPS) is 11.0. The van der Waals surface area contributed by atoms with E-state index < -0.39 is 12.0 Å². The molecule has 0 radical (unpaired) electrons. The van der Waals surface area contributed by atoms with Gasteiger partial charge in [0, 0.05) is 25.5 Å². The van der Waals surface area contributed by atoms with Crippen molar-refractivity contribution < 1.29 is 28.9 Å². The Bertz CT molecular complexity index is 1280. The molecule has 0 atom stereocenters. The monoisotopic (exact) mass is 544 g/mol. The highest BCUT2D eigenvalue weighted by atomic mass is 32.1. The second kappa shape index (κ2) is 11.9. The van der Waals surface area contributed by atoms with Gasteiger partial charge in [-0.05, 0) is 29.5 Å². The van der Waals surface area contributed by atoms with Crippen molar-refractivity contribution in [1.29, 1.82) is 0 Å². The average molecular weight is 545 g/mol. The largest absolute Gasteiger partial charge is 0.479 e. The van der Waals surface area contributed by atoms with E-state index in [0.29, 0.717) is 10.9 Å². The van der Waals surface area contributed by atoms with Crippen LogP contribution in [0.4, 0.5) is 16.4 Å². The lowest BCUT2D eigenvalue weighted by molar-refractivity contribution is 0.102. The van der Waals surface area contributed by atoms with Crippen LogP contribution in [-0.2, 0) is 5.41 Å². The molecule has 1 aromatic carbocycles. The molecule has 2 heterocycles. The van der Waals surface area contributed by atoms with E-state index >= 15 is 0 Å². The highest BCUT2D eigenvalue weighted by Crippen LogP contribution is 2.35. The van der Waals surface area contributed by atoms with Gasteiger partial charge in [0.2, 0.25) is 17.7 Å². The summed E-state index contributed by atoms with van der Waals surface area (Å²) in [5, 5.41) is 16.5. The first-order valence-electron chi connectivity index (χ1n) is 11.7. The van der Waals surface area contributed by atoms with Crippen LogP contribution < -0.4 is 24.8 Å². The second-order valence-corrected chi connectivity index (χ2v) is 10.2. The molecular formula is C25H32N6O6S. The molecule has 3 N–H and O–H groups in total. The van der Waals surface area contributed by atoms with E-state index in [2.05, 4.69) is 52.4 Å². The maximum atomic E-state index is 13.0. The number of carbonyl (C=O) groups excluding carboxylic acids is 1. The van der Waals surface area contributed by atoms with E-state index in [1.54, 1.807) is 5.38 Å². The molecule has 12 nitrogen and oxygen atoms in total. The number of thiazole rings is 1. The first kappa shape index (κ1) is 28.4. The molecule has 0 unspecified atom stereocenters. The summed E-state index contributed by atoms with van der Waals surface area (Å²) in [6, 6.07) is 6.05. The third-order valence-corrected chi connectivity index (χ3v) is 6.21. The summed E-state index contributed by atoms with van der Waals surface area (Å²) in [4.78, 5) is 37.9. The van der Waals surface area contributed by atoms with Gasteiger partial charge in [0.1, 0.15) is 11.4 Å². The summed E-state index contributed by atoms with van der Waals surface area (Å²) in [6.07, 6.45) is -1.05. The molecule has 204 valence electrons. The van der Waals surface area contributed by atoms with Crippen LogP contribution in [0.2, 0.25) is 0 Å². The van der Waals surface area contributed by atoms with Crippen molar-refractivity contribution in [3.8, 4) is 22.7 Å². The van der Waals surface area contributed by atoms with Crippen LogP contribution in [-0.4, -0.2) is 71.3 Å². The van der Waals surface area contributed by atoms with Crippen LogP contribution in [0, 0.1) is 6.92 Å². The number of benzene rings is 1. The molecule has 3 rings (SSSR count). The molecular weight excluding hydrogens is 512 g/mol. The number of rotatable bonds is 10. The SMILES string of the molecule is COc1nc(NCCN(C)C(=O)O)nc(OC)c1NC(=O)c1csc(Oc2cc(C(C)(C)C)ccc2C)n1. The summed E-state index contributed by atoms with van der Waals surface area (Å²) >= 11 is 1.20. The molecule has 0 saturated carbocycles. The number of methoxy groups -OCH3 is 2. The Morgan fingerprint density at radius 3 is 2.34 bits per heavy atom. The maximum absolute atomic E-state index is 13.0. The first-order chi connectivity index (χ1) is 17.9. The molecule has 2 aromatic heterocycles. The third-order valence-electron chi connectivity index (χ3n) is 5.49. The van der Waals surface area contributed by atoms with Gasteiger partial charge in [-0.1, -0.05) is 44.2 Å². The molecule has 0 aliphatic rings. The molecule has 2 amide bonds. The number of aryl methyl sites for hydroxylation is 1. The van der Waals surface area contributed by atoms with E-state index in [-0.39, 0.29) is 47.6 Å². The van der Waals surface area contributed by atoms with Gasteiger partial charge < -0.3 is 34.9 Å². The van der Waals surface area contributed by atoms with Crippen molar-refractivity contribution >= 4 is 35.0 Å². The number of carbonyl (C=O) groups is 2. The Labute approximate surface area is 225 Å². The van der Waals surface area contributed by atoms with E-state index in [4.69, 9.17) is 19.3 Å². The van der Waals surface area contributed by atoms with Crippen molar-refractivity contribution in [3.63, 3.8) is 0 Å². The topological polar surface area (TPSA) is 148 Å². The van der Waals surface area contributed by atoms with Crippen LogP contribution in [0.25, 0.3) is 0 Å². The number of carboxylic acid groups (broad SMARTS) is 1. The lowest BCUT2D eigenvalue weighted by Gasteiger charge is -2.20. The molecule has 3 aromatic rings. The predicted octanol–water partition coefficient (Wildman–Crippen LogP) is 4.62. The fourth-order valence-corrected chi connectivity index (χ4v) is 3.85. The van der Waals surface area contributed by atoms with Crippen molar-refractivity contribution in [1.82, 2.24) is 19.9 Å². The number of ether oxygens (including phenoxy) is 3. The Kier molecular flexibility index (Phi) is 8.94. The zero-order chi connectivity index (χ0) is 28.0. The van der Waals surface area contributed by atoms with Crippen LogP contribution in [0.5, 0.6) is 22.7 Å². The van der Waals surface area contributed by atoms with Gasteiger partial charge in [0.15, 0.2) is 5.69 Å². The summed E-state index contributed by atoms with van der Waals surface area (Å²) in [5.41, 5.74) is 2.29. The van der Waals surface area contributed by atoms with Gasteiger partial charge >= 0.3 is 6.09 Å². The second-order valence-electron chi connectivity index (χ2n) is 9.36. The Morgan fingerprint density at radius 2 is 1.76 bits per heavy atom. The van der Waals surface area contributed by atoms with Crippen molar-refractivity contribution in [3.05, 3.63) is 40.4 Å². The van der Waals surface area contributed by atoms with E-state index in [9.17, 15) is 9.59 Å². The van der Waals surface area contributed by atoms with E-state index in [0.717, 1.165) is 16.0 Å². The third kappa shape index (κ3) is 7.00. The van der Waals surface area contributed by atoms with E-state index in [1.807, 2.05) is 19.1 Å². The predicted molar refractivity (Wildman–Crippen MR) is 144 cm³/mol. The van der Waals surface area contributed by atoms with Crippen molar-refractivity contribution in [2.45, 2.75) is 33.1 Å². The molecule has 38 heavy (non-hydrogen) atoms. The van der Waals surface area contributed by atoms with Gasteiger partial charge in [-0.2, -0.15) is 15.0 Å². The minimum atomic E-state index is -1.05. The number of hydrogen-bond acceptors (Lipinski definition) is 10. The molecule has 0 bridgehead atoms. The number of nitrogens with one attached hydrogen (secondary N) is 2. The van der Waals surface area contributed by atoms with Crippen LogP contribution in [0.3, 0.4) is 0 Å². The minimum absolute atomic E-state index is 0.0419. The smallest absolute Gasteiger partial charge is 0.407 e. The number of nitrogens with zero attached hydrogens (tertiary/aromatic N) is 4. The summed E-state index contributed by atoms with van der Waals surface area (Å²) in [7, 11) is 4.23. The number of amides is 2. The first-order valence-corrected chi connectivity index (χ1v) is 12.5. The zero-order valence-electron chi connectivity index (χ0n) is 22.4. The van der Waals surface area contributed by atoms with Gasteiger partial charge in [0.25, 0.3) is 11.1 Å². The summed E-state index contributed by atoms with van der Waals surface area (Å²) in [6.45, 7) is 8.78. The Hall–Kier alpha value is -4.13. The zero-order valence-corrected chi connectivity index (χ0v) is 23.2. The molecule has 0 spiro atoms. The van der Waals surface area contributed by atoms with Gasteiger partial charge in [0.05, 0.1) is 14.2 Å². The standard InChI is InChI=1S/C25H32N6O6S/c1-14-8-9-15(25(2,3)4)12-17(14)37-23-27-16(13-38-23)19(32)28-18-20(35-6)29-22(30-21(18)36-7)26-10-11-31(5)24(33)34/h8-9,12-13H,10-11H2,1-7H3,(H,28,32)(H,33,34)(H,26,29,30). The fourth-order valence-electron chi connectivity index (χ4n) is 3.19. The molecule has 13 heteroatoms. The number of anilines is 2. The lowest BCUT2D eigenvalue weighted by Crippen LogP contribution is -2.30. The lowest BCUT2D eigenvalue weighted by atomic mass is 9.86. The van der Waals surface area contributed by atoms with Crippen molar-refractivity contribution in [2.75, 3.05) is 45.0 Å². The van der Waals surface area contributed by atoms with Crippen molar-refractivity contribution in [2.24, 2.45) is 0 Å². The van der Waals surface area contributed by atoms with E-state index in [1.165, 1.54) is 32.6 Å². The highest BCUT2D eigenvalue weighted by Gasteiger charge is 2.22. The Morgan fingerprint density at radius 1 is 1.11 bits per heavy atom. The van der Waals surface area contributed by atoms with Gasteiger partial charge in [-0.3, -0.25) is 4.79 Å².